The van der Waals surface area contributed by atoms with Crippen molar-refractivity contribution in [3.05, 3.63) is 29.3 Å². The normalized spacial score (nSPS) is 20.6. The Labute approximate surface area is 131 Å². The summed E-state index contributed by atoms with van der Waals surface area (Å²) in [6, 6.07) is 5.63. The van der Waals surface area contributed by atoms with Gasteiger partial charge in [-0.25, -0.2) is 8.42 Å². The summed E-state index contributed by atoms with van der Waals surface area (Å²) < 4.78 is 27.1. The van der Waals surface area contributed by atoms with Crippen LogP contribution in [0.25, 0.3) is 0 Å². The first-order chi connectivity index (χ1) is 10.1. The van der Waals surface area contributed by atoms with Gasteiger partial charge >= 0.3 is 0 Å². The quantitative estimate of drug-likeness (QED) is 0.790. The Hall–Kier alpha value is -0.620. The molecule has 3 rings (SSSR count). The zero-order valence-electron chi connectivity index (χ0n) is 12.1. The number of halogens is 1. The third kappa shape index (κ3) is 3.11. The molecule has 1 saturated heterocycles. The number of hydrogen-bond acceptors (Lipinski definition) is 3. The maximum absolute atomic E-state index is 12.7. The second-order valence-electron chi connectivity index (χ2n) is 5.72. The molecule has 4 nitrogen and oxygen atoms in total. The van der Waals surface area contributed by atoms with E-state index in [1.165, 1.54) is 11.1 Å². The fourth-order valence-corrected chi connectivity index (χ4v) is 4.88. The van der Waals surface area contributed by atoms with Gasteiger partial charge in [-0.3, -0.25) is 4.90 Å². The van der Waals surface area contributed by atoms with Gasteiger partial charge in [0.15, 0.2) is 0 Å². The fourth-order valence-electron chi connectivity index (χ4n) is 3.17. The van der Waals surface area contributed by atoms with Crippen LogP contribution in [0.15, 0.2) is 23.1 Å². The third-order valence-electron chi connectivity index (χ3n) is 4.44. The molecule has 0 amide bonds. The third-order valence-corrected chi connectivity index (χ3v) is 6.50. The molecule has 1 aliphatic heterocycles. The Bertz CT molecular complexity index is 610. The summed E-state index contributed by atoms with van der Waals surface area (Å²) in [5, 5.41) is 0. The van der Waals surface area contributed by atoms with Crippen molar-refractivity contribution in [1.82, 2.24) is 9.21 Å². The standard InChI is InChI=1S/C15H21ClN2O2S/c16-6-7-17-8-10-18(11-9-17)21(19,20)15-5-4-13-2-1-3-14(13)12-15/h4-5,12H,1-3,6-11H2. The van der Waals surface area contributed by atoms with Crippen LogP contribution in [-0.4, -0.2) is 56.2 Å². The van der Waals surface area contributed by atoms with Crippen LogP contribution in [0.1, 0.15) is 17.5 Å². The minimum absolute atomic E-state index is 0.453. The van der Waals surface area contributed by atoms with E-state index < -0.39 is 10.0 Å². The number of aryl methyl sites for hydroxylation is 2. The van der Waals surface area contributed by atoms with Crippen LogP contribution in [0.4, 0.5) is 0 Å². The molecule has 21 heavy (non-hydrogen) atoms. The van der Waals surface area contributed by atoms with Gasteiger partial charge in [-0.05, 0) is 42.5 Å². The minimum atomic E-state index is -3.35. The Balaban J connectivity index is 1.75. The molecular formula is C15H21ClN2O2S. The van der Waals surface area contributed by atoms with Crippen molar-refractivity contribution in [3.8, 4) is 0 Å². The molecule has 0 radical (unpaired) electrons. The van der Waals surface area contributed by atoms with Crippen molar-refractivity contribution in [2.24, 2.45) is 0 Å². The number of fused-ring (bicyclic) bond motifs is 1. The number of alkyl halides is 1. The number of piperazine rings is 1. The van der Waals surface area contributed by atoms with Gasteiger partial charge in [0.1, 0.15) is 0 Å². The topological polar surface area (TPSA) is 40.6 Å². The van der Waals surface area contributed by atoms with E-state index in [-0.39, 0.29) is 0 Å². The molecule has 0 aromatic heterocycles. The van der Waals surface area contributed by atoms with Crippen molar-refractivity contribution < 1.29 is 8.42 Å². The van der Waals surface area contributed by atoms with Crippen LogP contribution in [0.3, 0.4) is 0 Å². The van der Waals surface area contributed by atoms with E-state index >= 15 is 0 Å². The van der Waals surface area contributed by atoms with E-state index in [9.17, 15) is 8.42 Å². The number of sulfonamides is 1. The molecule has 1 aliphatic carbocycles. The highest BCUT2D eigenvalue weighted by molar-refractivity contribution is 7.89. The second kappa shape index (κ2) is 6.24. The molecule has 1 aromatic rings. The largest absolute Gasteiger partial charge is 0.300 e. The summed E-state index contributed by atoms with van der Waals surface area (Å²) in [6.07, 6.45) is 3.21. The lowest BCUT2D eigenvalue weighted by Crippen LogP contribution is -2.48. The van der Waals surface area contributed by atoms with Crippen molar-refractivity contribution >= 4 is 21.6 Å². The zero-order valence-corrected chi connectivity index (χ0v) is 13.7. The minimum Gasteiger partial charge on any atom is -0.300 e. The molecule has 6 heteroatoms. The molecular weight excluding hydrogens is 308 g/mol. The molecule has 1 fully saturated rings. The van der Waals surface area contributed by atoms with E-state index in [4.69, 9.17) is 11.6 Å². The van der Waals surface area contributed by atoms with Crippen molar-refractivity contribution in [2.45, 2.75) is 24.2 Å². The Morgan fingerprint density at radius 2 is 1.76 bits per heavy atom. The SMILES string of the molecule is O=S(=O)(c1ccc2c(c1)CCC2)N1CCN(CCCl)CC1. The van der Waals surface area contributed by atoms with Crippen molar-refractivity contribution in [1.29, 1.82) is 0 Å². The molecule has 116 valence electrons. The van der Waals surface area contributed by atoms with Gasteiger partial charge in [-0.2, -0.15) is 4.31 Å². The molecule has 0 saturated carbocycles. The maximum Gasteiger partial charge on any atom is 0.243 e. The Morgan fingerprint density at radius 1 is 1.05 bits per heavy atom. The number of nitrogens with zero attached hydrogens (tertiary/aromatic N) is 2. The smallest absolute Gasteiger partial charge is 0.243 e. The highest BCUT2D eigenvalue weighted by Gasteiger charge is 2.29. The lowest BCUT2D eigenvalue weighted by molar-refractivity contribution is 0.197. The molecule has 2 aliphatic rings. The highest BCUT2D eigenvalue weighted by Crippen LogP contribution is 2.26. The van der Waals surface area contributed by atoms with E-state index in [2.05, 4.69) is 4.90 Å². The van der Waals surface area contributed by atoms with Gasteiger partial charge < -0.3 is 0 Å². The van der Waals surface area contributed by atoms with Crippen LogP contribution < -0.4 is 0 Å². The first kappa shape index (κ1) is 15.3. The fraction of sp³-hybridized carbons (Fsp3) is 0.600. The maximum atomic E-state index is 12.7. The highest BCUT2D eigenvalue weighted by atomic mass is 35.5. The molecule has 0 N–H and O–H groups in total. The number of rotatable bonds is 4. The van der Waals surface area contributed by atoms with Crippen LogP contribution in [-0.2, 0) is 22.9 Å². The Morgan fingerprint density at radius 3 is 2.48 bits per heavy atom. The molecule has 0 atom stereocenters. The van der Waals surface area contributed by atoms with E-state index in [0.717, 1.165) is 38.9 Å². The van der Waals surface area contributed by atoms with Gasteiger partial charge in [0.2, 0.25) is 10.0 Å². The predicted octanol–water partition coefficient (Wildman–Crippen LogP) is 1.72. The van der Waals surface area contributed by atoms with E-state index in [1.54, 1.807) is 10.4 Å². The van der Waals surface area contributed by atoms with Gasteiger partial charge in [0.25, 0.3) is 0 Å². The van der Waals surface area contributed by atoms with Crippen molar-refractivity contribution in [2.75, 3.05) is 38.6 Å². The van der Waals surface area contributed by atoms with Crippen molar-refractivity contribution in [3.63, 3.8) is 0 Å². The van der Waals surface area contributed by atoms with E-state index in [0.29, 0.717) is 23.9 Å². The van der Waals surface area contributed by atoms with Crippen LogP contribution in [0.5, 0.6) is 0 Å². The molecule has 0 bridgehead atoms. The van der Waals surface area contributed by atoms with Gasteiger partial charge in [-0.15, -0.1) is 11.6 Å². The molecule has 0 spiro atoms. The van der Waals surface area contributed by atoms with Gasteiger partial charge in [0, 0.05) is 38.6 Å². The molecule has 0 unspecified atom stereocenters. The summed E-state index contributed by atoms with van der Waals surface area (Å²) >= 11 is 5.74. The summed E-state index contributed by atoms with van der Waals surface area (Å²) in [6.45, 7) is 3.45. The van der Waals surface area contributed by atoms with Crippen LogP contribution in [0.2, 0.25) is 0 Å². The average molecular weight is 329 g/mol. The van der Waals surface area contributed by atoms with Crippen LogP contribution in [0, 0.1) is 0 Å². The first-order valence-corrected chi connectivity index (χ1v) is 9.49. The summed E-state index contributed by atoms with van der Waals surface area (Å²) in [5.41, 5.74) is 2.51. The monoisotopic (exact) mass is 328 g/mol. The van der Waals surface area contributed by atoms with E-state index in [1.807, 2.05) is 12.1 Å². The van der Waals surface area contributed by atoms with Gasteiger partial charge in [-0.1, -0.05) is 6.07 Å². The summed E-state index contributed by atoms with van der Waals surface area (Å²) in [7, 11) is -3.35. The lowest BCUT2D eigenvalue weighted by Gasteiger charge is -2.33. The number of hydrogen-bond donors (Lipinski definition) is 0. The molecule has 1 heterocycles. The summed E-state index contributed by atoms with van der Waals surface area (Å²) in [4.78, 5) is 2.66. The zero-order chi connectivity index (χ0) is 14.9. The summed E-state index contributed by atoms with van der Waals surface area (Å²) in [5.74, 6) is 0.595. The lowest BCUT2D eigenvalue weighted by atomic mass is 10.1. The Kier molecular flexibility index (Phi) is 4.54. The number of benzene rings is 1. The second-order valence-corrected chi connectivity index (χ2v) is 8.03. The average Bonchev–Trinajstić information content (AvgIpc) is 2.95. The predicted molar refractivity (Wildman–Crippen MR) is 84.4 cm³/mol. The van der Waals surface area contributed by atoms with Crippen LogP contribution >= 0.6 is 11.6 Å². The molecule has 1 aromatic carbocycles. The first-order valence-electron chi connectivity index (χ1n) is 7.51. The van der Waals surface area contributed by atoms with Gasteiger partial charge in [0.05, 0.1) is 4.90 Å².